The van der Waals surface area contributed by atoms with Crippen LogP contribution in [0.2, 0.25) is 0 Å². The molecule has 1 aliphatic rings. The van der Waals surface area contributed by atoms with Crippen molar-refractivity contribution in [2.75, 3.05) is 13.2 Å². The summed E-state index contributed by atoms with van der Waals surface area (Å²) in [6.07, 6.45) is 0.224. The molecule has 86 valence electrons. The second-order valence-corrected chi connectivity index (χ2v) is 3.81. The van der Waals surface area contributed by atoms with E-state index < -0.39 is 0 Å². The van der Waals surface area contributed by atoms with E-state index in [-0.39, 0.29) is 12.1 Å². The minimum absolute atomic E-state index is 0.157. The van der Waals surface area contributed by atoms with E-state index in [0.717, 1.165) is 6.61 Å². The molecule has 6 heteroatoms. The Morgan fingerprint density at radius 2 is 2.31 bits per heavy atom. The van der Waals surface area contributed by atoms with Gasteiger partial charge >= 0.3 is 0 Å². The van der Waals surface area contributed by atoms with Crippen molar-refractivity contribution >= 4 is 5.82 Å². The molecule has 0 saturated carbocycles. The van der Waals surface area contributed by atoms with Crippen molar-refractivity contribution in [3.8, 4) is 5.88 Å². The summed E-state index contributed by atoms with van der Waals surface area (Å²) in [6, 6.07) is 3.61. The number of nitrogens with zero attached hydrogens (tertiary/aromatic N) is 4. The molecule has 1 fully saturated rings. The summed E-state index contributed by atoms with van der Waals surface area (Å²) < 4.78 is 10.4. The molecule has 0 aliphatic carbocycles. The third kappa shape index (κ3) is 3.54. The van der Waals surface area contributed by atoms with Crippen molar-refractivity contribution < 1.29 is 9.47 Å². The monoisotopic (exact) mass is 222 g/mol. The summed E-state index contributed by atoms with van der Waals surface area (Å²) in [7, 11) is 0. The van der Waals surface area contributed by atoms with Crippen LogP contribution < -0.4 is 4.74 Å². The minimum atomic E-state index is 0.157. The molecule has 1 aromatic heterocycles. The summed E-state index contributed by atoms with van der Waals surface area (Å²) >= 11 is 0. The SMILES string of the molecule is CC(C)N=Nc1ccc(OCC2CO2)nn1. The van der Waals surface area contributed by atoms with E-state index in [1.165, 1.54) is 0 Å². The van der Waals surface area contributed by atoms with E-state index in [0.29, 0.717) is 18.3 Å². The average Bonchev–Trinajstić information content (AvgIpc) is 3.09. The Morgan fingerprint density at radius 1 is 1.50 bits per heavy atom. The van der Waals surface area contributed by atoms with Crippen molar-refractivity contribution in [3.63, 3.8) is 0 Å². The Kier molecular flexibility index (Phi) is 3.40. The Hall–Kier alpha value is -1.56. The van der Waals surface area contributed by atoms with Gasteiger partial charge in [-0.15, -0.1) is 15.3 Å². The maximum absolute atomic E-state index is 5.34. The normalized spacial score (nSPS) is 19.3. The topological polar surface area (TPSA) is 72.3 Å². The van der Waals surface area contributed by atoms with Crippen LogP contribution in [0.25, 0.3) is 0 Å². The molecule has 0 aromatic carbocycles. The molecule has 2 rings (SSSR count). The maximum Gasteiger partial charge on any atom is 0.233 e. The highest BCUT2D eigenvalue weighted by Gasteiger charge is 2.23. The second-order valence-electron chi connectivity index (χ2n) is 3.81. The van der Waals surface area contributed by atoms with Gasteiger partial charge in [0.05, 0.1) is 12.6 Å². The lowest BCUT2D eigenvalue weighted by Gasteiger charge is -2.01. The van der Waals surface area contributed by atoms with E-state index in [1.54, 1.807) is 12.1 Å². The average molecular weight is 222 g/mol. The molecule has 1 atom stereocenters. The number of rotatable bonds is 5. The Balaban J connectivity index is 1.87. The van der Waals surface area contributed by atoms with E-state index in [2.05, 4.69) is 20.4 Å². The van der Waals surface area contributed by atoms with E-state index in [1.807, 2.05) is 13.8 Å². The smallest absolute Gasteiger partial charge is 0.233 e. The summed E-state index contributed by atoms with van der Waals surface area (Å²) in [4.78, 5) is 0. The van der Waals surface area contributed by atoms with Gasteiger partial charge in [-0.2, -0.15) is 5.11 Å². The van der Waals surface area contributed by atoms with Crippen molar-refractivity contribution in [1.82, 2.24) is 10.2 Å². The van der Waals surface area contributed by atoms with Crippen molar-refractivity contribution in [2.45, 2.75) is 26.0 Å². The minimum Gasteiger partial charge on any atom is -0.474 e. The van der Waals surface area contributed by atoms with E-state index in [4.69, 9.17) is 9.47 Å². The fourth-order valence-electron chi connectivity index (χ4n) is 0.961. The lowest BCUT2D eigenvalue weighted by atomic mass is 10.4. The molecule has 1 aromatic rings. The molecule has 1 unspecified atom stereocenters. The van der Waals surface area contributed by atoms with Gasteiger partial charge in [0.1, 0.15) is 12.7 Å². The largest absolute Gasteiger partial charge is 0.474 e. The molecule has 0 spiro atoms. The van der Waals surface area contributed by atoms with Gasteiger partial charge in [-0.3, -0.25) is 0 Å². The summed E-state index contributed by atoms with van der Waals surface area (Å²) in [5.74, 6) is 0.975. The molecule has 6 nitrogen and oxygen atoms in total. The third-order valence-corrected chi connectivity index (χ3v) is 1.84. The zero-order valence-electron chi connectivity index (χ0n) is 9.33. The van der Waals surface area contributed by atoms with E-state index in [9.17, 15) is 0 Å². The maximum atomic E-state index is 5.34. The van der Waals surface area contributed by atoms with Gasteiger partial charge in [-0.25, -0.2) is 0 Å². The number of ether oxygens (including phenoxy) is 2. The summed E-state index contributed by atoms with van der Waals surface area (Å²) in [5, 5.41) is 15.6. The van der Waals surface area contributed by atoms with Gasteiger partial charge in [0, 0.05) is 6.07 Å². The molecule has 16 heavy (non-hydrogen) atoms. The first-order valence-electron chi connectivity index (χ1n) is 5.23. The van der Waals surface area contributed by atoms with Crippen molar-refractivity contribution in [1.29, 1.82) is 0 Å². The number of hydrogen-bond donors (Lipinski definition) is 0. The first-order valence-corrected chi connectivity index (χ1v) is 5.23. The first-order chi connectivity index (χ1) is 7.74. The number of azo groups is 1. The molecule has 0 bridgehead atoms. The number of epoxide rings is 1. The van der Waals surface area contributed by atoms with Crippen LogP contribution in [-0.4, -0.2) is 35.6 Å². The molecule has 1 aliphatic heterocycles. The molecule has 0 amide bonds. The van der Waals surface area contributed by atoms with Crippen LogP contribution in [0.5, 0.6) is 5.88 Å². The highest BCUT2D eigenvalue weighted by molar-refractivity contribution is 5.26. The predicted molar refractivity (Wildman–Crippen MR) is 56.9 cm³/mol. The fourth-order valence-corrected chi connectivity index (χ4v) is 0.961. The lowest BCUT2D eigenvalue weighted by molar-refractivity contribution is 0.253. The van der Waals surface area contributed by atoms with Crippen LogP contribution in [0.3, 0.4) is 0 Å². The second kappa shape index (κ2) is 4.98. The third-order valence-electron chi connectivity index (χ3n) is 1.84. The zero-order valence-corrected chi connectivity index (χ0v) is 9.33. The molecule has 1 saturated heterocycles. The summed E-state index contributed by atoms with van der Waals surface area (Å²) in [5.41, 5.74) is 0. The molecule has 0 N–H and O–H groups in total. The zero-order chi connectivity index (χ0) is 11.4. The molecule has 0 radical (unpaired) electrons. The fraction of sp³-hybridized carbons (Fsp3) is 0.600. The van der Waals surface area contributed by atoms with Crippen LogP contribution >= 0.6 is 0 Å². The molecule has 2 heterocycles. The van der Waals surface area contributed by atoms with Gasteiger partial charge in [0.2, 0.25) is 5.88 Å². The van der Waals surface area contributed by atoms with Crippen LogP contribution in [0.1, 0.15) is 13.8 Å². The Bertz CT molecular complexity index is 360. The van der Waals surface area contributed by atoms with Crippen LogP contribution in [-0.2, 0) is 4.74 Å². The number of hydrogen-bond acceptors (Lipinski definition) is 6. The van der Waals surface area contributed by atoms with Crippen molar-refractivity contribution in [2.24, 2.45) is 10.2 Å². The van der Waals surface area contributed by atoms with Crippen LogP contribution in [0, 0.1) is 0 Å². The molecular weight excluding hydrogens is 208 g/mol. The van der Waals surface area contributed by atoms with Gasteiger partial charge in [-0.05, 0) is 19.9 Å². The summed E-state index contributed by atoms with van der Waals surface area (Å²) in [6.45, 7) is 5.20. The standard InChI is InChI=1S/C10H14N4O2/c1-7(2)11-12-9-3-4-10(14-13-9)16-6-8-5-15-8/h3-4,7-8H,5-6H2,1-2H3. The predicted octanol–water partition coefficient (Wildman–Crippen LogP) is 1.75. The highest BCUT2D eigenvalue weighted by atomic mass is 16.6. The van der Waals surface area contributed by atoms with Gasteiger partial charge in [0.15, 0.2) is 5.82 Å². The Morgan fingerprint density at radius 3 is 2.88 bits per heavy atom. The van der Waals surface area contributed by atoms with Gasteiger partial charge in [0.25, 0.3) is 0 Å². The van der Waals surface area contributed by atoms with Crippen molar-refractivity contribution in [3.05, 3.63) is 12.1 Å². The number of aromatic nitrogens is 2. The van der Waals surface area contributed by atoms with Crippen LogP contribution in [0.15, 0.2) is 22.4 Å². The first kappa shape index (κ1) is 10.9. The van der Waals surface area contributed by atoms with Gasteiger partial charge < -0.3 is 9.47 Å². The van der Waals surface area contributed by atoms with E-state index >= 15 is 0 Å². The highest BCUT2D eigenvalue weighted by Crippen LogP contribution is 2.14. The van der Waals surface area contributed by atoms with Gasteiger partial charge in [-0.1, -0.05) is 0 Å². The quantitative estimate of drug-likeness (QED) is 0.562. The lowest BCUT2D eigenvalue weighted by Crippen LogP contribution is -2.05. The molecular formula is C10H14N4O2. The van der Waals surface area contributed by atoms with Crippen LogP contribution in [0.4, 0.5) is 5.82 Å². The Labute approximate surface area is 93.7 Å².